The van der Waals surface area contributed by atoms with Crippen LogP contribution in [0, 0.1) is 46.9 Å². The van der Waals surface area contributed by atoms with Gasteiger partial charge in [-0.25, -0.2) is 4.98 Å². The number of rotatable bonds is 6. The molecule has 0 spiro atoms. The normalized spacial score (nSPS) is 43.3. The van der Waals surface area contributed by atoms with Crippen LogP contribution in [0.25, 0.3) is 0 Å². The average molecular weight is 459 g/mol. The smallest absolute Gasteiger partial charge is 0.236 e. The summed E-state index contributed by atoms with van der Waals surface area (Å²) in [5, 5.41) is 14.6. The molecule has 4 aliphatic carbocycles. The van der Waals surface area contributed by atoms with Crippen molar-refractivity contribution in [1.82, 2.24) is 4.98 Å². The highest BCUT2D eigenvalue weighted by Crippen LogP contribution is 2.65. The zero-order valence-electron chi connectivity index (χ0n) is 20.7. The van der Waals surface area contributed by atoms with Crippen molar-refractivity contribution in [3.63, 3.8) is 0 Å². The fourth-order valence-corrected chi connectivity index (χ4v) is 9.09. The first-order valence-electron chi connectivity index (χ1n) is 13.5. The molecule has 1 unspecified atom stereocenters. The molecule has 1 heterocycles. The lowest BCUT2D eigenvalue weighted by atomic mass is 9.48. The Morgan fingerprint density at radius 2 is 1.97 bits per heavy atom. The molecule has 9 atom stereocenters. The summed E-state index contributed by atoms with van der Waals surface area (Å²) in [7, 11) is 0. The number of halogens is 1. The molecule has 4 saturated carbocycles. The highest BCUT2D eigenvalue weighted by Gasteiger charge is 2.58. The van der Waals surface area contributed by atoms with Crippen molar-refractivity contribution >= 4 is 5.69 Å². The molecule has 0 radical (unpaired) electrons. The molecule has 33 heavy (non-hydrogen) atoms. The van der Waals surface area contributed by atoms with Gasteiger partial charge in [-0.15, -0.1) is 0 Å². The zero-order valence-corrected chi connectivity index (χ0v) is 20.7. The van der Waals surface area contributed by atoms with Crippen molar-refractivity contribution in [3.05, 3.63) is 24.3 Å². The van der Waals surface area contributed by atoms with Crippen molar-refractivity contribution in [2.75, 3.05) is 18.5 Å². The molecule has 0 amide bonds. The van der Waals surface area contributed by atoms with E-state index >= 15 is 0 Å². The van der Waals surface area contributed by atoms with E-state index in [4.69, 9.17) is 4.74 Å². The van der Waals surface area contributed by atoms with Crippen LogP contribution in [0.1, 0.15) is 78.6 Å². The van der Waals surface area contributed by atoms with Crippen LogP contribution in [0.3, 0.4) is 0 Å². The van der Waals surface area contributed by atoms with Crippen LogP contribution in [-0.2, 0) is 4.74 Å². The summed E-state index contributed by atoms with van der Waals surface area (Å²) in [4.78, 5) is 3.82. The number of hydrogen-bond donors (Lipinski definition) is 2. The van der Waals surface area contributed by atoms with Crippen LogP contribution in [0.4, 0.5) is 10.1 Å². The van der Waals surface area contributed by atoms with E-state index in [1.165, 1.54) is 51.1 Å². The lowest BCUT2D eigenvalue weighted by Gasteiger charge is -2.57. The van der Waals surface area contributed by atoms with Crippen molar-refractivity contribution in [3.8, 4) is 0 Å². The number of aliphatic hydroxyl groups is 1. The van der Waals surface area contributed by atoms with Crippen LogP contribution < -0.4 is 5.32 Å². The van der Waals surface area contributed by atoms with Crippen molar-refractivity contribution in [2.24, 2.45) is 40.9 Å². The van der Waals surface area contributed by atoms with Crippen LogP contribution >= 0.6 is 0 Å². The molecule has 1 aromatic heterocycles. The Hall–Kier alpha value is -1.20. The van der Waals surface area contributed by atoms with Gasteiger partial charge < -0.3 is 15.2 Å². The lowest BCUT2D eigenvalue weighted by molar-refractivity contribution is -0.128. The second-order valence-electron chi connectivity index (χ2n) is 12.0. The number of fused-ring (bicyclic) bond motifs is 5. The second-order valence-corrected chi connectivity index (χ2v) is 12.0. The average Bonchev–Trinajstić information content (AvgIpc) is 3.16. The van der Waals surface area contributed by atoms with E-state index in [1.807, 2.05) is 13.0 Å². The molecule has 0 saturated heterocycles. The van der Waals surface area contributed by atoms with Crippen LogP contribution in [-0.4, -0.2) is 34.9 Å². The van der Waals surface area contributed by atoms with Gasteiger partial charge in [0.1, 0.15) is 0 Å². The second kappa shape index (κ2) is 9.11. The molecule has 4 fully saturated rings. The minimum Gasteiger partial charge on any atom is -0.387 e. The van der Waals surface area contributed by atoms with Gasteiger partial charge in [0.15, 0.2) is 0 Å². The van der Waals surface area contributed by atoms with Gasteiger partial charge >= 0.3 is 0 Å². The summed E-state index contributed by atoms with van der Waals surface area (Å²) in [6, 6.07) is 3.86. The highest BCUT2D eigenvalue weighted by atomic mass is 19.1. The number of anilines is 1. The summed E-state index contributed by atoms with van der Waals surface area (Å²) in [5.41, 5.74) is 0.269. The quantitative estimate of drug-likeness (QED) is 0.509. The molecule has 4 aliphatic rings. The van der Waals surface area contributed by atoms with E-state index in [9.17, 15) is 9.50 Å². The maximum atomic E-state index is 14.2. The summed E-state index contributed by atoms with van der Waals surface area (Å²) in [6.45, 7) is 7.98. The number of hydrogen-bond acceptors (Lipinski definition) is 4. The van der Waals surface area contributed by atoms with Crippen LogP contribution in [0.15, 0.2) is 18.3 Å². The topological polar surface area (TPSA) is 54.4 Å². The van der Waals surface area contributed by atoms with Crippen molar-refractivity contribution in [2.45, 2.75) is 90.2 Å². The Labute approximate surface area is 199 Å². The van der Waals surface area contributed by atoms with Gasteiger partial charge in [-0.2, -0.15) is 4.39 Å². The number of nitrogens with zero attached hydrogens (tertiary/aromatic N) is 1. The van der Waals surface area contributed by atoms with Crippen LogP contribution in [0.5, 0.6) is 0 Å². The summed E-state index contributed by atoms with van der Waals surface area (Å²) in [6.07, 6.45) is 12.3. The Kier molecular flexibility index (Phi) is 6.50. The third-order valence-electron chi connectivity index (χ3n) is 10.5. The maximum Gasteiger partial charge on any atom is 0.236 e. The lowest BCUT2D eigenvalue weighted by Crippen LogP contribution is -2.52. The molecule has 5 rings (SSSR count). The van der Waals surface area contributed by atoms with E-state index in [1.54, 1.807) is 6.07 Å². The molecule has 184 valence electrons. The number of aromatic nitrogens is 1. The molecule has 0 aromatic carbocycles. The predicted molar refractivity (Wildman–Crippen MR) is 129 cm³/mol. The van der Waals surface area contributed by atoms with Crippen molar-refractivity contribution < 1.29 is 14.2 Å². The third kappa shape index (κ3) is 4.22. The Morgan fingerprint density at radius 1 is 1.15 bits per heavy atom. The molecule has 1 aromatic rings. The van der Waals surface area contributed by atoms with Gasteiger partial charge in [0.2, 0.25) is 5.95 Å². The standard InChI is InChI=1S/C28H43FN2O2/c1-4-33-17-28(32)14-12-20-19(16-28)7-8-22-21(20)11-13-27(3)23(9-10-24(22)27)18(2)31-25-6-5-15-30-26(25)29/h5-6,15,18-24,31-32H,4,7-14,16-17H2,1-3H3/t18-,19-,20+,21-,22-,23?,24+,27-,28-/m1/s1. The molecular weight excluding hydrogens is 415 g/mol. The first-order valence-corrected chi connectivity index (χ1v) is 13.5. The summed E-state index contributed by atoms with van der Waals surface area (Å²) >= 11 is 0. The number of nitrogens with one attached hydrogen (secondary N) is 1. The van der Waals surface area contributed by atoms with Gasteiger partial charge in [0, 0.05) is 18.8 Å². The fourth-order valence-electron chi connectivity index (χ4n) is 9.09. The van der Waals surface area contributed by atoms with Gasteiger partial charge in [0.25, 0.3) is 0 Å². The van der Waals surface area contributed by atoms with E-state index in [0.717, 1.165) is 36.5 Å². The Balaban J connectivity index is 1.27. The van der Waals surface area contributed by atoms with E-state index in [0.29, 0.717) is 36.2 Å². The van der Waals surface area contributed by atoms with Crippen molar-refractivity contribution in [1.29, 1.82) is 0 Å². The molecule has 2 N–H and O–H groups in total. The van der Waals surface area contributed by atoms with E-state index in [2.05, 4.69) is 24.1 Å². The summed E-state index contributed by atoms with van der Waals surface area (Å²) < 4.78 is 19.8. The first-order chi connectivity index (χ1) is 15.8. The van der Waals surface area contributed by atoms with E-state index < -0.39 is 11.5 Å². The van der Waals surface area contributed by atoms with Gasteiger partial charge in [-0.3, -0.25) is 0 Å². The Bertz CT molecular complexity index is 836. The maximum absolute atomic E-state index is 14.2. The van der Waals surface area contributed by atoms with E-state index in [-0.39, 0.29) is 6.04 Å². The first kappa shape index (κ1) is 23.5. The molecular formula is C28H43FN2O2. The van der Waals surface area contributed by atoms with Crippen LogP contribution in [0.2, 0.25) is 0 Å². The Morgan fingerprint density at radius 3 is 2.76 bits per heavy atom. The minimum atomic E-state index is -0.603. The summed E-state index contributed by atoms with van der Waals surface area (Å²) in [5.74, 6) is 4.08. The predicted octanol–water partition coefficient (Wildman–Crippen LogP) is 6.06. The molecule has 5 heteroatoms. The fraction of sp³-hybridized carbons (Fsp3) is 0.821. The van der Waals surface area contributed by atoms with Gasteiger partial charge in [0.05, 0.1) is 17.9 Å². The third-order valence-corrected chi connectivity index (χ3v) is 10.5. The molecule has 4 nitrogen and oxygen atoms in total. The van der Waals surface area contributed by atoms with Gasteiger partial charge in [-0.05, 0) is 125 Å². The SMILES string of the molecule is CCOC[C@@]1(O)CC[C@H]2[C@H](CC[C@@H]3[C@@H]2CC[C@]2(C)C([C@@H](C)Nc4cccnc4F)CC[C@@H]32)C1. The molecule has 0 bridgehead atoms. The highest BCUT2D eigenvalue weighted by molar-refractivity contribution is 5.42. The minimum absolute atomic E-state index is 0.245. The largest absolute Gasteiger partial charge is 0.387 e. The number of ether oxygens (including phenoxy) is 1. The molecule has 0 aliphatic heterocycles. The monoisotopic (exact) mass is 458 g/mol. The zero-order chi connectivity index (χ0) is 23.2. The number of pyridine rings is 1. The van der Waals surface area contributed by atoms with Gasteiger partial charge in [-0.1, -0.05) is 6.92 Å².